The Balaban J connectivity index is 2.20. The summed E-state index contributed by atoms with van der Waals surface area (Å²) < 4.78 is 0. The third kappa shape index (κ3) is 1.73. The van der Waals surface area contributed by atoms with Gasteiger partial charge in [0.2, 0.25) is 0 Å². The molecule has 2 atom stereocenters. The van der Waals surface area contributed by atoms with E-state index in [0.29, 0.717) is 0 Å². The monoisotopic (exact) mass is 177 g/mol. The second-order valence-corrected chi connectivity index (χ2v) is 3.87. The molecule has 1 aliphatic rings. The first-order valence-electron chi connectivity index (χ1n) is 4.88. The lowest BCUT2D eigenvalue weighted by atomic mass is 10.0. The van der Waals surface area contributed by atoms with Crippen molar-refractivity contribution < 1.29 is 5.11 Å². The van der Waals surface area contributed by atoms with E-state index >= 15 is 0 Å². The second-order valence-electron chi connectivity index (χ2n) is 3.87. The van der Waals surface area contributed by atoms with Gasteiger partial charge in [-0.3, -0.25) is 4.98 Å². The van der Waals surface area contributed by atoms with Crippen LogP contribution in [0.2, 0.25) is 0 Å². The number of aliphatic hydroxyl groups is 1. The van der Waals surface area contributed by atoms with Crippen LogP contribution in [0.3, 0.4) is 0 Å². The molecule has 1 aromatic rings. The number of nitrogens with zero attached hydrogens (tertiary/aromatic N) is 1. The minimum atomic E-state index is -0.171. The molecule has 0 aliphatic heterocycles. The van der Waals surface area contributed by atoms with Crippen molar-refractivity contribution in [2.75, 3.05) is 0 Å². The summed E-state index contributed by atoms with van der Waals surface area (Å²) >= 11 is 0. The molecule has 2 rings (SSSR count). The quantitative estimate of drug-likeness (QED) is 0.712. The standard InChI is InChI=1S/C11H15NO/c1-8-5-6-10(12-7-8)9-3-2-4-11(9)13/h5-7,9,11,13H,2-4H2,1H3/t9-,11-/m0/s1. The Morgan fingerprint density at radius 2 is 2.23 bits per heavy atom. The van der Waals surface area contributed by atoms with Crippen molar-refractivity contribution in [1.82, 2.24) is 4.98 Å². The Kier molecular flexibility index (Phi) is 2.32. The predicted octanol–water partition coefficient (Wildman–Crippen LogP) is 2.02. The van der Waals surface area contributed by atoms with Gasteiger partial charge in [-0.1, -0.05) is 12.5 Å². The summed E-state index contributed by atoms with van der Waals surface area (Å²) in [6.45, 7) is 2.03. The van der Waals surface area contributed by atoms with Crippen LogP contribution in [0, 0.1) is 6.92 Å². The van der Waals surface area contributed by atoms with Gasteiger partial charge in [-0.15, -0.1) is 0 Å². The van der Waals surface area contributed by atoms with Crippen LogP contribution < -0.4 is 0 Å². The number of aromatic nitrogens is 1. The fourth-order valence-corrected chi connectivity index (χ4v) is 1.98. The summed E-state index contributed by atoms with van der Waals surface area (Å²) in [5, 5.41) is 9.67. The predicted molar refractivity (Wildman–Crippen MR) is 51.6 cm³/mol. The fraction of sp³-hybridized carbons (Fsp3) is 0.545. The van der Waals surface area contributed by atoms with Gasteiger partial charge in [0, 0.05) is 17.8 Å². The summed E-state index contributed by atoms with van der Waals surface area (Å²) in [5.41, 5.74) is 2.23. The normalized spacial score (nSPS) is 27.8. The first kappa shape index (κ1) is 8.70. The van der Waals surface area contributed by atoms with Gasteiger partial charge in [-0.2, -0.15) is 0 Å². The van der Waals surface area contributed by atoms with Crippen LogP contribution in [-0.2, 0) is 0 Å². The zero-order chi connectivity index (χ0) is 9.26. The van der Waals surface area contributed by atoms with Gasteiger partial charge in [0.1, 0.15) is 0 Å². The molecular formula is C11H15NO. The van der Waals surface area contributed by atoms with Gasteiger partial charge in [0.15, 0.2) is 0 Å². The Bertz CT molecular complexity index is 281. The summed E-state index contributed by atoms with van der Waals surface area (Å²) in [6.07, 6.45) is 4.84. The molecule has 0 amide bonds. The zero-order valence-corrected chi connectivity index (χ0v) is 7.90. The highest BCUT2D eigenvalue weighted by atomic mass is 16.3. The van der Waals surface area contributed by atoms with Crippen molar-refractivity contribution in [2.24, 2.45) is 0 Å². The van der Waals surface area contributed by atoms with Crippen molar-refractivity contribution in [3.63, 3.8) is 0 Å². The largest absolute Gasteiger partial charge is 0.392 e. The highest BCUT2D eigenvalue weighted by Crippen LogP contribution is 2.33. The molecule has 0 spiro atoms. The molecule has 1 heterocycles. The van der Waals surface area contributed by atoms with Gasteiger partial charge in [0.05, 0.1) is 6.10 Å². The molecule has 0 radical (unpaired) electrons. The smallest absolute Gasteiger partial charge is 0.0623 e. The first-order chi connectivity index (χ1) is 6.27. The van der Waals surface area contributed by atoms with Gasteiger partial charge < -0.3 is 5.11 Å². The van der Waals surface area contributed by atoms with Gasteiger partial charge >= 0.3 is 0 Å². The Morgan fingerprint density at radius 3 is 2.77 bits per heavy atom. The van der Waals surface area contributed by atoms with Gasteiger partial charge in [0.25, 0.3) is 0 Å². The van der Waals surface area contributed by atoms with E-state index in [1.807, 2.05) is 19.2 Å². The van der Waals surface area contributed by atoms with Crippen LogP contribution in [0.4, 0.5) is 0 Å². The molecule has 1 fully saturated rings. The number of hydrogen-bond acceptors (Lipinski definition) is 2. The van der Waals surface area contributed by atoms with Crippen molar-refractivity contribution >= 4 is 0 Å². The van der Waals surface area contributed by atoms with E-state index in [1.165, 1.54) is 5.56 Å². The lowest BCUT2D eigenvalue weighted by Gasteiger charge is -2.13. The van der Waals surface area contributed by atoms with E-state index in [0.717, 1.165) is 25.0 Å². The van der Waals surface area contributed by atoms with E-state index in [2.05, 4.69) is 11.1 Å². The summed E-state index contributed by atoms with van der Waals surface area (Å²) in [6, 6.07) is 4.10. The van der Waals surface area contributed by atoms with Gasteiger partial charge in [-0.05, 0) is 31.4 Å². The zero-order valence-electron chi connectivity index (χ0n) is 7.90. The average Bonchev–Trinajstić information content (AvgIpc) is 2.53. The topological polar surface area (TPSA) is 33.1 Å². The van der Waals surface area contributed by atoms with Crippen molar-refractivity contribution in [3.8, 4) is 0 Å². The van der Waals surface area contributed by atoms with Gasteiger partial charge in [-0.25, -0.2) is 0 Å². The maximum Gasteiger partial charge on any atom is 0.0623 e. The highest BCUT2D eigenvalue weighted by Gasteiger charge is 2.27. The SMILES string of the molecule is Cc1ccc([C@@H]2CCC[C@@H]2O)nc1. The van der Waals surface area contributed by atoms with Crippen molar-refractivity contribution in [2.45, 2.75) is 38.2 Å². The van der Waals surface area contributed by atoms with Crippen molar-refractivity contribution in [3.05, 3.63) is 29.6 Å². The number of hydrogen-bond donors (Lipinski definition) is 1. The number of rotatable bonds is 1. The average molecular weight is 177 g/mol. The van der Waals surface area contributed by atoms with Crippen LogP contribution in [0.25, 0.3) is 0 Å². The highest BCUT2D eigenvalue weighted by molar-refractivity contribution is 5.17. The lowest BCUT2D eigenvalue weighted by Crippen LogP contribution is -2.12. The lowest BCUT2D eigenvalue weighted by molar-refractivity contribution is 0.162. The maximum atomic E-state index is 9.67. The molecule has 0 saturated heterocycles. The molecule has 1 N–H and O–H groups in total. The van der Waals surface area contributed by atoms with Crippen LogP contribution >= 0.6 is 0 Å². The Hall–Kier alpha value is -0.890. The van der Waals surface area contributed by atoms with Crippen LogP contribution in [-0.4, -0.2) is 16.2 Å². The molecule has 1 saturated carbocycles. The number of aryl methyl sites for hydroxylation is 1. The molecular weight excluding hydrogens is 162 g/mol. The molecule has 2 nitrogen and oxygen atoms in total. The van der Waals surface area contributed by atoms with Crippen LogP contribution in [0.5, 0.6) is 0 Å². The summed E-state index contributed by atoms with van der Waals surface area (Å²) in [5.74, 6) is 0.278. The van der Waals surface area contributed by atoms with E-state index in [9.17, 15) is 5.11 Å². The molecule has 0 aromatic carbocycles. The minimum Gasteiger partial charge on any atom is -0.392 e. The molecule has 1 aromatic heterocycles. The number of pyridine rings is 1. The first-order valence-corrected chi connectivity index (χ1v) is 4.88. The summed E-state index contributed by atoms with van der Waals surface area (Å²) in [4.78, 5) is 4.35. The molecule has 2 heteroatoms. The van der Waals surface area contributed by atoms with E-state index < -0.39 is 0 Å². The molecule has 0 bridgehead atoms. The van der Waals surface area contributed by atoms with E-state index in [4.69, 9.17) is 0 Å². The maximum absolute atomic E-state index is 9.67. The third-order valence-electron chi connectivity index (χ3n) is 2.79. The molecule has 70 valence electrons. The fourth-order valence-electron chi connectivity index (χ4n) is 1.98. The second kappa shape index (κ2) is 3.46. The summed E-state index contributed by atoms with van der Waals surface area (Å²) in [7, 11) is 0. The number of aliphatic hydroxyl groups excluding tert-OH is 1. The van der Waals surface area contributed by atoms with Crippen LogP contribution in [0.15, 0.2) is 18.3 Å². The molecule has 0 unspecified atom stereocenters. The van der Waals surface area contributed by atoms with E-state index in [-0.39, 0.29) is 12.0 Å². The van der Waals surface area contributed by atoms with E-state index in [1.54, 1.807) is 0 Å². The van der Waals surface area contributed by atoms with Crippen LogP contribution in [0.1, 0.15) is 36.4 Å². The molecule has 1 aliphatic carbocycles. The van der Waals surface area contributed by atoms with Crippen molar-refractivity contribution in [1.29, 1.82) is 0 Å². The Morgan fingerprint density at radius 1 is 1.38 bits per heavy atom. The minimum absolute atomic E-state index is 0.171. The third-order valence-corrected chi connectivity index (χ3v) is 2.79. The molecule has 13 heavy (non-hydrogen) atoms. The Labute approximate surface area is 78.6 Å².